The van der Waals surface area contributed by atoms with Crippen molar-refractivity contribution in [3.63, 3.8) is 0 Å². The molecule has 2 N–H and O–H groups in total. The highest BCUT2D eigenvalue weighted by molar-refractivity contribution is 5.49. The Balaban J connectivity index is 2.00. The zero-order chi connectivity index (χ0) is 14.4. The van der Waals surface area contributed by atoms with Gasteiger partial charge in [-0.15, -0.1) is 0 Å². The number of hydrogen-bond donors (Lipinski definition) is 2. The van der Waals surface area contributed by atoms with Gasteiger partial charge in [0.2, 0.25) is 0 Å². The quantitative estimate of drug-likeness (QED) is 0.789. The van der Waals surface area contributed by atoms with Gasteiger partial charge in [-0.2, -0.15) is 10.4 Å². The van der Waals surface area contributed by atoms with Gasteiger partial charge in [0.05, 0.1) is 11.3 Å². The molecule has 0 atom stereocenters. The van der Waals surface area contributed by atoms with Crippen molar-refractivity contribution in [1.29, 1.82) is 5.26 Å². The minimum atomic E-state index is 0.483. The van der Waals surface area contributed by atoms with Crippen LogP contribution in [0.2, 0.25) is 0 Å². The molecule has 0 spiro atoms. The average Bonchev–Trinajstić information content (AvgIpc) is 2.92. The summed E-state index contributed by atoms with van der Waals surface area (Å²) < 4.78 is 1.72. The topological polar surface area (TPSA) is 65.7 Å². The number of rotatable bonds is 6. The lowest BCUT2D eigenvalue weighted by Gasteiger charge is -2.08. The van der Waals surface area contributed by atoms with Crippen molar-refractivity contribution in [3.05, 3.63) is 42.1 Å². The number of aromatic nitrogens is 2. The first-order chi connectivity index (χ1) is 9.70. The van der Waals surface area contributed by atoms with E-state index in [9.17, 15) is 0 Å². The van der Waals surface area contributed by atoms with Crippen LogP contribution in [-0.2, 0) is 0 Å². The summed E-state index contributed by atoms with van der Waals surface area (Å²) in [6, 6.07) is 12.0. The number of anilines is 1. The van der Waals surface area contributed by atoms with Gasteiger partial charge < -0.3 is 10.6 Å². The molecule has 0 aliphatic rings. The van der Waals surface area contributed by atoms with Crippen molar-refractivity contribution in [3.8, 4) is 11.8 Å². The monoisotopic (exact) mass is 269 g/mol. The molecule has 0 aliphatic heterocycles. The molecule has 2 aromatic rings. The van der Waals surface area contributed by atoms with Crippen molar-refractivity contribution in [1.82, 2.24) is 15.1 Å². The van der Waals surface area contributed by atoms with Gasteiger partial charge in [-0.25, -0.2) is 4.68 Å². The molecule has 1 aromatic carbocycles. The fourth-order valence-corrected chi connectivity index (χ4v) is 1.87. The molecule has 0 saturated heterocycles. The number of benzene rings is 1. The lowest BCUT2D eigenvalue weighted by atomic mass is 10.2. The smallest absolute Gasteiger partial charge is 0.148 e. The van der Waals surface area contributed by atoms with Gasteiger partial charge in [-0.1, -0.05) is 26.0 Å². The van der Waals surface area contributed by atoms with E-state index in [1.807, 2.05) is 30.5 Å². The van der Waals surface area contributed by atoms with Gasteiger partial charge in [0.1, 0.15) is 11.9 Å². The highest BCUT2D eigenvalue weighted by Crippen LogP contribution is 2.14. The van der Waals surface area contributed by atoms with Crippen LogP contribution in [0.15, 0.2) is 36.5 Å². The molecule has 0 unspecified atom stereocenters. The van der Waals surface area contributed by atoms with Gasteiger partial charge in [-0.3, -0.25) is 0 Å². The standard InChI is InChI=1S/C15H19N5/c1-12(2)17-8-9-18-15-7-10-20(19-15)14-6-4-3-5-13(14)11-16/h3-7,10,12,17H,8-9H2,1-2H3,(H,18,19). The zero-order valence-corrected chi connectivity index (χ0v) is 11.8. The van der Waals surface area contributed by atoms with Crippen LogP contribution >= 0.6 is 0 Å². The molecule has 0 radical (unpaired) electrons. The summed E-state index contributed by atoms with van der Waals surface area (Å²) in [5.41, 5.74) is 1.41. The predicted molar refractivity (Wildman–Crippen MR) is 79.9 cm³/mol. The lowest BCUT2D eigenvalue weighted by Crippen LogP contribution is -2.28. The molecule has 0 aliphatic carbocycles. The van der Waals surface area contributed by atoms with Gasteiger partial charge >= 0.3 is 0 Å². The average molecular weight is 269 g/mol. The molecule has 1 heterocycles. The molecular formula is C15H19N5. The summed E-state index contributed by atoms with van der Waals surface area (Å²) >= 11 is 0. The van der Waals surface area contributed by atoms with Crippen LogP contribution in [0.25, 0.3) is 5.69 Å². The van der Waals surface area contributed by atoms with Crippen LogP contribution in [0.1, 0.15) is 19.4 Å². The van der Waals surface area contributed by atoms with E-state index < -0.39 is 0 Å². The van der Waals surface area contributed by atoms with Crippen LogP contribution in [0.5, 0.6) is 0 Å². The zero-order valence-electron chi connectivity index (χ0n) is 11.8. The number of nitriles is 1. The lowest BCUT2D eigenvalue weighted by molar-refractivity contribution is 0.602. The maximum atomic E-state index is 9.10. The van der Waals surface area contributed by atoms with E-state index in [-0.39, 0.29) is 0 Å². The highest BCUT2D eigenvalue weighted by atomic mass is 15.3. The molecule has 1 aromatic heterocycles. The molecule has 0 saturated carbocycles. The van der Waals surface area contributed by atoms with E-state index in [1.165, 1.54) is 0 Å². The van der Waals surface area contributed by atoms with E-state index in [4.69, 9.17) is 5.26 Å². The van der Waals surface area contributed by atoms with Crippen molar-refractivity contribution in [2.24, 2.45) is 0 Å². The first kappa shape index (κ1) is 14.1. The predicted octanol–water partition coefficient (Wildman–Crippen LogP) is 2.15. The van der Waals surface area contributed by atoms with E-state index in [1.54, 1.807) is 10.7 Å². The fraction of sp³-hybridized carbons (Fsp3) is 0.333. The maximum Gasteiger partial charge on any atom is 0.148 e. The molecule has 104 valence electrons. The van der Waals surface area contributed by atoms with Crippen LogP contribution in [0, 0.1) is 11.3 Å². The molecule has 2 rings (SSSR count). The second-order valence-corrected chi connectivity index (χ2v) is 4.81. The minimum absolute atomic E-state index is 0.483. The van der Waals surface area contributed by atoms with Gasteiger partial charge in [0, 0.05) is 31.4 Å². The van der Waals surface area contributed by atoms with Crippen molar-refractivity contribution >= 4 is 5.82 Å². The van der Waals surface area contributed by atoms with E-state index in [0.717, 1.165) is 24.6 Å². The third-order valence-electron chi connectivity index (χ3n) is 2.84. The number of hydrogen-bond acceptors (Lipinski definition) is 4. The second-order valence-electron chi connectivity index (χ2n) is 4.81. The molecular weight excluding hydrogens is 250 g/mol. The van der Waals surface area contributed by atoms with Gasteiger partial charge in [0.15, 0.2) is 0 Å². The molecule has 0 amide bonds. The normalized spacial score (nSPS) is 10.5. The number of nitrogens with one attached hydrogen (secondary N) is 2. The number of para-hydroxylation sites is 1. The van der Waals surface area contributed by atoms with Crippen LogP contribution in [0.3, 0.4) is 0 Å². The first-order valence-electron chi connectivity index (χ1n) is 6.73. The molecule has 5 nitrogen and oxygen atoms in total. The summed E-state index contributed by atoms with van der Waals surface area (Å²) in [6.07, 6.45) is 1.86. The second kappa shape index (κ2) is 6.73. The highest BCUT2D eigenvalue weighted by Gasteiger charge is 2.05. The van der Waals surface area contributed by atoms with E-state index >= 15 is 0 Å². The maximum absolute atomic E-state index is 9.10. The minimum Gasteiger partial charge on any atom is -0.367 e. The summed E-state index contributed by atoms with van der Waals surface area (Å²) in [5.74, 6) is 0.809. The Labute approximate surface area is 119 Å². The molecule has 0 bridgehead atoms. The van der Waals surface area contributed by atoms with Crippen molar-refractivity contribution < 1.29 is 0 Å². The summed E-state index contributed by atoms with van der Waals surface area (Å²) in [4.78, 5) is 0. The summed E-state index contributed by atoms with van der Waals surface area (Å²) in [5, 5.41) is 20.1. The summed E-state index contributed by atoms with van der Waals surface area (Å²) in [7, 11) is 0. The Kier molecular flexibility index (Phi) is 4.75. The van der Waals surface area contributed by atoms with Crippen molar-refractivity contribution in [2.45, 2.75) is 19.9 Å². The molecule has 0 fully saturated rings. The van der Waals surface area contributed by atoms with Crippen LogP contribution < -0.4 is 10.6 Å². The first-order valence-corrected chi connectivity index (χ1v) is 6.73. The fourth-order valence-electron chi connectivity index (χ4n) is 1.87. The Morgan fingerprint density at radius 3 is 2.80 bits per heavy atom. The largest absolute Gasteiger partial charge is 0.367 e. The Bertz CT molecular complexity index is 594. The Morgan fingerprint density at radius 1 is 1.25 bits per heavy atom. The summed E-state index contributed by atoms with van der Waals surface area (Å²) in [6.45, 7) is 5.94. The van der Waals surface area contributed by atoms with Gasteiger partial charge in [-0.05, 0) is 12.1 Å². The van der Waals surface area contributed by atoms with Gasteiger partial charge in [0.25, 0.3) is 0 Å². The Morgan fingerprint density at radius 2 is 2.05 bits per heavy atom. The SMILES string of the molecule is CC(C)NCCNc1ccn(-c2ccccc2C#N)n1. The third kappa shape index (κ3) is 3.59. The van der Waals surface area contributed by atoms with Crippen LogP contribution in [-0.4, -0.2) is 28.9 Å². The molecule has 5 heteroatoms. The Hall–Kier alpha value is -2.32. The van der Waals surface area contributed by atoms with E-state index in [2.05, 4.69) is 35.6 Å². The van der Waals surface area contributed by atoms with Crippen LogP contribution in [0.4, 0.5) is 5.82 Å². The number of nitrogens with zero attached hydrogens (tertiary/aromatic N) is 3. The van der Waals surface area contributed by atoms with Crippen molar-refractivity contribution in [2.75, 3.05) is 18.4 Å². The third-order valence-corrected chi connectivity index (χ3v) is 2.84. The van der Waals surface area contributed by atoms with E-state index in [0.29, 0.717) is 11.6 Å². The molecule has 20 heavy (non-hydrogen) atoms.